The molecular formula is C29H34Cl2N6O3. The number of halogens is 2. The van der Waals surface area contributed by atoms with Gasteiger partial charge in [-0.3, -0.25) is 9.69 Å². The van der Waals surface area contributed by atoms with Gasteiger partial charge < -0.3 is 19.7 Å². The van der Waals surface area contributed by atoms with Gasteiger partial charge in [0.05, 0.1) is 25.2 Å². The molecule has 0 spiro atoms. The Morgan fingerprint density at radius 1 is 1.02 bits per heavy atom. The second-order valence-electron chi connectivity index (χ2n) is 10.6. The SMILES string of the molecule is COC(=O)CC1CCN(Cc2cc(Oc3cnc(N[C@@H]4CCN(C)C4)nc3)nc(-c3cc(Cl)cc(Cl)c3)c2)CC1. The molecule has 2 aliphatic heterocycles. The van der Waals surface area contributed by atoms with Gasteiger partial charge in [-0.05, 0) is 81.7 Å². The zero-order valence-corrected chi connectivity index (χ0v) is 24.3. The molecule has 2 aliphatic rings. The van der Waals surface area contributed by atoms with E-state index in [1.165, 1.54) is 7.11 Å². The summed E-state index contributed by atoms with van der Waals surface area (Å²) in [6, 6.07) is 9.70. The molecule has 0 unspecified atom stereocenters. The summed E-state index contributed by atoms with van der Waals surface area (Å²) >= 11 is 12.6. The minimum Gasteiger partial charge on any atom is -0.469 e. The number of carbonyl (C=O) groups excluding carboxylic acids is 1. The summed E-state index contributed by atoms with van der Waals surface area (Å²) < 4.78 is 11.0. The zero-order valence-electron chi connectivity index (χ0n) is 22.8. The van der Waals surface area contributed by atoms with Crippen LogP contribution in [0.4, 0.5) is 5.95 Å². The van der Waals surface area contributed by atoms with Gasteiger partial charge in [-0.15, -0.1) is 0 Å². The van der Waals surface area contributed by atoms with Gasteiger partial charge in [-0.25, -0.2) is 15.0 Å². The largest absolute Gasteiger partial charge is 0.469 e. The van der Waals surface area contributed by atoms with E-state index in [1.54, 1.807) is 18.5 Å². The summed E-state index contributed by atoms with van der Waals surface area (Å²) in [5, 5.41) is 4.46. The van der Waals surface area contributed by atoms with Crippen molar-refractivity contribution in [2.45, 2.75) is 38.3 Å². The molecule has 4 heterocycles. The molecule has 2 saturated heterocycles. The fourth-order valence-corrected chi connectivity index (χ4v) is 5.80. The van der Waals surface area contributed by atoms with Crippen molar-refractivity contribution in [2.24, 2.45) is 5.92 Å². The van der Waals surface area contributed by atoms with Gasteiger partial charge in [0.1, 0.15) is 0 Å². The number of rotatable bonds is 9. The normalized spacial score (nSPS) is 18.6. The van der Waals surface area contributed by atoms with Crippen LogP contribution >= 0.6 is 23.2 Å². The number of ether oxygens (including phenoxy) is 2. The summed E-state index contributed by atoms with van der Waals surface area (Å²) in [5.41, 5.74) is 2.56. The highest BCUT2D eigenvalue weighted by Gasteiger charge is 2.23. The highest BCUT2D eigenvalue weighted by atomic mass is 35.5. The van der Waals surface area contributed by atoms with E-state index < -0.39 is 0 Å². The first-order valence-electron chi connectivity index (χ1n) is 13.5. The Bertz CT molecular complexity index is 1300. The minimum atomic E-state index is -0.141. The number of anilines is 1. The van der Waals surface area contributed by atoms with Crippen LogP contribution in [0.5, 0.6) is 11.6 Å². The fraction of sp³-hybridized carbons (Fsp3) is 0.448. The quantitative estimate of drug-likeness (QED) is 0.326. The van der Waals surface area contributed by atoms with Crippen LogP contribution in [0.2, 0.25) is 10.0 Å². The van der Waals surface area contributed by atoms with E-state index in [0.29, 0.717) is 51.7 Å². The Morgan fingerprint density at radius 3 is 2.40 bits per heavy atom. The average Bonchev–Trinajstić information content (AvgIpc) is 3.34. The lowest BCUT2D eigenvalue weighted by atomic mass is 9.93. The van der Waals surface area contributed by atoms with E-state index in [0.717, 1.165) is 63.1 Å². The molecule has 0 radical (unpaired) electrons. The molecule has 1 N–H and O–H groups in total. The van der Waals surface area contributed by atoms with Gasteiger partial charge >= 0.3 is 5.97 Å². The number of benzene rings is 1. The van der Waals surface area contributed by atoms with Crippen LogP contribution in [0, 0.1) is 5.92 Å². The number of piperidine rings is 1. The maximum atomic E-state index is 11.7. The topological polar surface area (TPSA) is 92.7 Å². The van der Waals surface area contributed by atoms with Crippen LogP contribution in [-0.4, -0.2) is 77.1 Å². The number of likely N-dealkylation sites (tertiary alicyclic amines) is 2. The highest BCUT2D eigenvalue weighted by Crippen LogP contribution is 2.31. The summed E-state index contributed by atoms with van der Waals surface area (Å²) in [6.07, 6.45) is 6.76. The van der Waals surface area contributed by atoms with E-state index in [-0.39, 0.29) is 5.97 Å². The molecule has 1 atom stereocenters. The van der Waals surface area contributed by atoms with Gasteiger partial charge in [0, 0.05) is 47.2 Å². The van der Waals surface area contributed by atoms with Crippen molar-refractivity contribution in [3.8, 4) is 22.9 Å². The molecule has 2 aromatic heterocycles. The number of hydrogen-bond acceptors (Lipinski definition) is 9. The second kappa shape index (κ2) is 13.1. The smallest absolute Gasteiger partial charge is 0.305 e. The van der Waals surface area contributed by atoms with Crippen LogP contribution < -0.4 is 10.1 Å². The van der Waals surface area contributed by atoms with Crippen molar-refractivity contribution in [1.82, 2.24) is 24.8 Å². The average molecular weight is 586 g/mol. The van der Waals surface area contributed by atoms with Crippen molar-refractivity contribution in [2.75, 3.05) is 45.7 Å². The number of aromatic nitrogens is 3. The zero-order chi connectivity index (χ0) is 28.1. The number of likely N-dealkylation sites (N-methyl/N-ethyl adjacent to an activating group) is 1. The molecule has 0 saturated carbocycles. The van der Waals surface area contributed by atoms with E-state index in [9.17, 15) is 4.79 Å². The van der Waals surface area contributed by atoms with E-state index >= 15 is 0 Å². The van der Waals surface area contributed by atoms with Gasteiger partial charge in [-0.2, -0.15) is 0 Å². The van der Waals surface area contributed by atoms with Crippen LogP contribution in [0.25, 0.3) is 11.3 Å². The Kier molecular flexibility index (Phi) is 9.36. The number of nitrogens with zero attached hydrogens (tertiary/aromatic N) is 5. The molecule has 1 aromatic carbocycles. The first kappa shape index (κ1) is 28.5. The molecule has 212 valence electrons. The first-order chi connectivity index (χ1) is 19.3. The summed E-state index contributed by atoms with van der Waals surface area (Å²) in [7, 11) is 3.55. The number of pyridine rings is 1. The Balaban J connectivity index is 1.32. The van der Waals surface area contributed by atoms with Crippen molar-refractivity contribution in [3.63, 3.8) is 0 Å². The molecule has 11 heteroatoms. The number of nitrogens with one attached hydrogen (secondary N) is 1. The summed E-state index contributed by atoms with van der Waals surface area (Å²) in [6.45, 7) is 4.56. The lowest BCUT2D eigenvalue weighted by Gasteiger charge is -2.31. The van der Waals surface area contributed by atoms with Gasteiger partial charge in [0.15, 0.2) is 5.75 Å². The van der Waals surface area contributed by atoms with Gasteiger partial charge in [-0.1, -0.05) is 23.2 Å². The number of esters is 1. The minimum absolute atomic E-state index is 0.141. The van der Waals surface area contributed by atoms with Crippen molar-refractivity contribution >= 4 is 35.1 Å². The molecule has 0 amide bonds. The monoisotopic (exact) mass is 584 g/mol. The highest BCUT2D eigenvalue weighted by molar-refractivity contribution is 6.35. The lowest BCUT2D eigenvalue weighted by molar-refractivity contribution is -0.142. The van der Waals surface area contributed by atoms with Crippen molar-refractivity contribution in [3.05, 3.63) is 58.3 Å². The molecule has 40 heavy (non-hydrogen) atoms. The van der Waals surface area contributed by atoms with Crippen molar-refractivity contribution in [1.29, 1.82) is 0 Å². The number of hydrogen-bond donors (Lipinski definition) is 1. The molecule has 3 aromatic rings. The first-order valence-corrected chi connectivity index (χ1v) is 14.3. The van der Waals surface area contributed by atoms with E-state index in [1.807, 2.05) is 24.3 Å². The predicted octanol–water partition coefficient (Wildman–Crippen LogP) is 5.53. The molecule has 0 aliphatic carbocycles. The van der Waals surface area contributed by atoms with Crippen LogP contribution in [-0.2, 0) is 16.1 Å². The fourth-order valence-electron chi connectivity index (χ4n) is 5.28. The van der Waals surface area contributed by atoms with Gasteiger partial charge in [0.2, 0.25) is 11.8 Å². The van der Waals surface area contributed by atoms with Crippen molar-refractivity contribution < 1.29 is 14.3 Å². The molecule has 5 rings (SSSR count). The third-order valence-electron chi connectivity index (χ3n) is 7.39. The number of carbonyl (C=O) groups is 1. The molecule has 9 nitrogen and oxygen atoms in total. The van der Waals surface area contributed by atoms with E-state index in [2.05, 4.69) is 32.1 Å². The third kappa shape index (κ3) is 7.81. The van der Waals surface area contributed by atoms with Gasteiger partial charge in [0.25, 0.3) is 0 Å². The maximum Gasteiger partial charge on any atom is 0.305 e. The third-order valence-corrected chi connectivity index (χ3v) is 7.83. The molecule has 2 fully saturated rings. The summed E-state index contributed by atoms with van der Waals surface area (Å²) in [4.78, 5) is 30.0. The standard InChI is InChI=1S/C29H34Cl2N6O3/c1-36-6-5-24(18-36)34-29-32-15-25(16-33-29)40-27-10-20(9-26(35-27)21-12-22(30)14-23(31)13-21)17-37-7-3-19(4-8-37)11-28(38)39-2/h9-10,12-16,19,24H,3-8,11,17-18H2,1-2H3,(H,32,33,34)/t24-/m1/s1. The summed E-state index contributed by atoms with van der Waals surface area (Å²) in [5.74, 6) is 1.73. The van der Waals surface area contributed by atoms with Crippen LogP contribution in [0.3, 0.4) is 0 Å². The Hall–Kier alpha value is -2.98. The number of methoxy groups -OCH3 is 1. The lowest BCUT2D eigenvalue weighted by Crippen LogP contribution is -2.34. The Labute approximate surface area is 244 Å². The molecular weight excluding hydrogens is 551 g/mol. The maximum absolute atomic E-state index is 11.7. The Morgan fingerprint density at radius 2 is 1.75 bits per heavy atom. The predicted molar refractivity (Wildman–Crippen MR) is 156 cm³/mol. The van der Waals surface area contributed by atoms with Crippen LogP contribution in [0.1, 0.15) is 31.2 Å². The second-order valence-corrected chi connectivity index (χ2v) is 11.5. The van der Waals surface area contributed by atoms with E-state index in [4.69, 9.17) is 37.7 Å². The van der Waals surface area contributed by atoms with Crippen LogP contribution in [0.15, 0.2) is 42.7 Å². The molecule has 0 bridgehead atoms.